The largest absolute Gasteiger partial charge is 0.279 e. The number of amides is 2. The molecule has 1 unspecified atom stereocenters. The summed E-state index contributed by atoms with van der Waals surface area (Å²) in [6.45, 7) is 12.4. The molecule has 0 saturated heterocycles. The smallest absolute Gasteiger partial charge is 0.267 e. The molecule has 1 heterocycles. The topological polar surface area (TPSA) is 49.4 Å². The van der Waals surface area contributed by atoms with E-state index in [2.05, 4.69) is 33.1 Å². The van der Waals surface area contributed by atoms with Gasteiger partial charge >= 0.3 is 0 Å². The second-order valence-electron chi connectivity index (χ2n) is 8.14. The number of thiophene rings is 1. The van der Waals surface area contributed by atoms with Crippen LogP contribution in [0.4, 0.5) is 0 Å². The molecule has 2 amide bonds. The van der Waals surface area contributed by atoms with Gasteiger partial charge in [-0.3, -0.25) is 15.0 Å². The predicted molar refractivity (Wildman–Crippen MR) is 112 cm³/mol. The van der Waals surface area contributed by atoms with Crippen molar-refractivity contribution in [2.24, 2.45) is 5.41 Å². The molecule has 146 valence electrons. The molecule has 0 spiro atoms. The maximum absolute atomic E-state index is 13.4. The lowest BCUT2D eigenvalue weighted by Crippen LogP contribution is -2.56. The Morgan fingerprint density at radius 2 is 1.78 bits per heavy atom. The van der Waals surface area contributed by atoms with Crippen LogP contribution in [0.2, 0.25) is 0 Å². The van der Waals surface area contributed by atoms with E-state index in [1.54, 1.807) is 11.1 Å². The normalized spacial score (nSPS) is 12.5. The molecule has 0 aliphatic heterocycles. The molecule has 0 saturated carbocycles. The average molecular weight is 387 g/mol. The third kappa shape index (κ3) is 5.42. The Morgan fingerprint density at radius 1 is 1.15 bits per heavy atom. The number of hydrogen-bond acceptors (Lipinski definition) is 3. The quantitative estimate of drug-likeness (QED) is 0.703. The highest BCUT2D eigenvalue weighted by Crippen LogP contribution is 2.29. The van der Waals surface area contributed by atoms with E-state index in [1.165, 1.54) is 11.3 Å². The minimum atomic E-state index is -0.243. The first-order chi connectivity index (χ1) is 12.6. The van der Waals surface area contributed by atoms with Gasteiger partial charge in [-0.15, -0.1) is 11.3 Å². The van der Waals surface area contributed by atoms with E-state index in [-0.39, 0.29) is 23.3 Å². The summed E-state index contributed by atoms with van der Waals surface area (Å²) in [4.78, 5) is 26.8. The molecule has 0 bridgehead atoms. The van der Waals surface area contributed by atoms with Gasteiger partial charge in [-0.1, -0.05) is 57.4 Å². The molecule has 2 rings (SSSR count). The molecule has 0 aliphatic carbocycles. The third-order valence-corrected chi connectivity index (χ3v) is 5.40. The lowest BCUT2D eigenvalue weighted by Gasteiger charge is -2.40. The first kappa shape index (κ1) is 21.2. The summed E-state index contributed by atoms with van der Waals surface area (Å²) in [6, 6.07) is 9.29. The van der Waals surface area contributed by atoms with Gasteiger partial charge in [-0.05, 0) is 49.3 Å². The first-order valence-corrected chi connectivity index (χ1v) is 10.3. The van der Waals surface area contributed by atoms with Gasteiger partial charge in [0.1, 0.15) is 0 Å². The summed E-state index contributed by atoms with van der Waals surface area (Å²) in [5.74, 6) is -0.409. The highest BCUT2D eigenvalue weighted by molar-refractivity contribution is 7.12. The number of nitrogens with zero attached hydrogens (tertiary/aromatic N) is 1. The van der Waals surface area contributed by atoms with Gasteiger partial charge in [-0.2, -0.15) is 0 Å². The van der Waals surface area contributed by atoms with E-state index in [0.717, 1.165) is 24.0 Å². The number of hydrogen-bond donors (Lipinski definition) is 1. The van der Waals surface area contributed by atoms with Crippen molar-refractivity contribution in [3.63, 3.8) is 0 Å². The van der Waals surface area contributed by atoms with Crippen molar-refractivity contribution < 1.29 is 9.59 Å². The molecule has 27 heavy (non-hydrogen) atoms. The summed E-state index contributed by atoms with van der Waals surface area (Å²) in [5.41, 5.74) is 5.40. The molecule has 1 atom stereocenters. The number of rotatable bonds is 5. The Morgan fingerprint density at radius 3 is 2.26 bits per heavy atom. The molecule has 2 aromatic rings. The van der Waals surface area contributed by atoms with Crippen LogP contribution in [0.25, 0.3) is 0 Å². The fourth-order valence-electron chi connectivity index (χ4n) is 3.30. The van der Waals surface area contributed by atoms with Crippen LogP contribution in [0, 0.1) is 19.3 Å². The number of nitrogens with one attached hydrogen (secondary N) is 1. The molecule has 1 aromatic carbocycles. The number of benzene rings is 1. The summed E-state index contributed by atoms with van der Waals surface area (Å²) in [6.07, 6.45) is 1.73. The van der Waals surface area contributed by atoms with Crippen LogP contribution in [-0.4, -0.2) is 22.9 Å². The summed E-state index contributed by atoms with van der Waals surface area (Å²) in [5, 5.41) is 3.41. The van der Waals surface area contributed by atoms with E-state index in [0.29, 0.717) is 10.4 Å². The molecule has 1 aromatic heterocycles. The first-order valence-electron chi connectivity index (χ1n) is 9.39. The maximum Gasteiger partial charge on any atom is 0.279 e. The van der Waals surface area contributed by atoms with Crippen LogP contribution >= 0.6 is 11.3 Å². The second-order valence-corrected chi connectivity index (χ2v) is 9.09. The van der Waals surface area contributed by atoms with Crippen LogP contribution in [0.1, 0.15) is 71.7 Å². The Balaban J connectivity index is 2.43. The minimum Gasteiger partial charge on any atom is -0.267 e. The SMILES string of the molecule is CCCC(N(NC(=O)c1cccs1)C(=O)c1cc(C)cc(C)c1)C(C)(C)C. The lowest BCUT2D eigenvalue weighted by molar-refractivity contribution is 0.0272. The van der Waals surface area contributed by atoms with Gasteiger partial charge in [0, 0.05) is 5.56 Å². The van der Waals surface area contributed by atoms with E-state index < -0.39 is 0 Å². The summed E-state index contributed by atoms with van der Waals surface area (Å²) >= 11 is 1.37. The molecule has 0 radical (unpaired) electrons. The number of carbonyl (C=O) groups excluding carboxylic acids is 2. The summed E-state index contributed by atoms with van der Waals surface area (Å²) < 4.78 is 0. The monoisotopic (exact) mass is 386 g/mol. The zero-order chi connectivity index (χ0) is 20.2. The molecular weight excluding hydrogens is 356 g/mol. The zero-order valence-corrected chi connectivity index (χ0v) is 17.9. The van der Waals surface area contributed by atoms with E-state index in [4.69, 9.17) is 0 Å². The van der Waals surface area contributed by atoms with Gasteiger partial charge in [0.15, 0.2) is 0 Å². The number of aryl methyl sites for hydroxylation is 2. The fraction of sp³-hybridized carbons (Fsp3) is 0.455. The van der Waals surface area contributed by atoms with Crippen LogP contribution in [0.3, 0.4) is 0 Å². The molecule has 4 nitrogen and oxygen atoms in total. The van der Waals surface area contributed by atoms with Crippen molar-refractivity contribution in [2.45, 2.75) is 60.4 Å². The van der Waals surface area contributed by atoms with Crippen molar-refractivity contribution >= 4 is 23.2 Å². The molecule has 1 N–H and O–H groups in total. The Kier molecular flexibility index (Phi) is 6.82. The fourth-order valence-corrected chi connectivity index (χ4v) is 3.92. The highest BCUT2D eigenvalue weighted by Gasteiger charge is 2.35. The second kappa shape index (κ2) is 8.70. The third-order valence-electron chi connectivity index (χ3n) is 4.53. The van der Waals surface area contributed by atoms with Crippen LogP contribution in [0.5, 0.6) is 0 Å². The zero-order valence-electron chi connectivity index (χ0n) is 17.1. The van der Waals surface area contributed by atoms with Crippen molar-refractivity contribution in [3.05, 3.63) is 57.3 Å². The molecule has 0 fully saturated rings. The van der Waals surface area contributed by atoms with Crippen LogP contribution < -0.4 is 5.43 Å². The Labute approximate surface area is 166 Å². The van der Waals surface area contributed by atoms with Crippen LogP contribution in [0.15, 0.2) is 35.7 Å². The minimum absolute atomic E-state index is 0.111. The number of hydrazine groups is 1. The predicted octanol–water partition coefficient (Wildman–Crippen LogP) is 5.37. The van der Waals surface area contributed by atoms with Crippen molar-refractivity contribution in [2.75, 3.05) is 0 Å². The van der Waals surface area contributed by atoms with Gasteiger partial charge in [0.05, 0.1) is 10.9 Å². The molecule has 0 aliphatic rings. The van der Waals surface area contributed by atoms with Crippen molar-refractivity contribution in [1.29, 1.82) is 0 Å². The Bertz CT molecular complexity index is 771. The van der Waals surface area contributed by atoms with Gasteiger partial charge in [-0.25, -0.2) is 5.01 Å². The molecular formula is C22H30N2O2S. The van der Waals surface area contributed by atoms with Gasteiger partial charge < -0.3 is 0 Å². The average Bonchev–Trinajstić information content (AvgIpc) is 3.10. The van der Waals surface area contributed by atoms with Gasteiger partial charge in [0.2, 0.25) is 0 Å². The van der Waals surface area contributed by atoms with Gasteiger partial charge in [0.25, 0.3) is 11.8 Å². The maximum atomic E-state index is 13.4. The Hall–Kier alpha value is -2.14. The van der Waals surface area contributed by atoms with E-state index in [1.807, 2.05) is 43.5 Å². The van der Waals surface area contributed by atoms with Crippen molar-refractivity contribution in [1.82, 2.24) is 10.4 Å². The lowest BCUT2D eigenvalue weighted by atomic mass is 9.83. The van der Waals surface area contributed by atoms with E-state index >= 15 is 0 Å². The van der Waals surface area contributed by atoms with Crippen molar-refractivity contribution in [3.8, 4) is 0 Å². The number of carbonyl (C=O) groups is 2. The summed E-state index contributed by atoms with van der Waals surface area (Å²) in [7, 11) is 0. The molecule has 5 heteroatoms. The van der Waals surface area contributed by atoms with E-state index in [9.17, 15) is 9.59 Å². The van der Waals surface area contributed by atoms with Crippen LogP contribution in [-0.2, 0) is 0 Å². The standard InChI is InChI=1S/C22H30N2O2S/c1-7-9-19(22(4,5)6)24(23-20(25)18-10-8-11-27-18)21(26)17-13-15(2)12-16(3)14-17/h8,10-14,19H,7,9H2,1-6H3,(H,23,25). The highest BCUT2D eigenvalue weighted by atomic mass is 32.1.